The molecule has 116 valence electrons. The lowest BCUT2D eigenvalue weighted by atomic mass is 10.2. The van der Waals surface area contributed by atoms with Crippen LogP contribution in [0.2, 0.25) is 0 Å². The van der Waals surface area contributed by atoms with Gasteiger partial charge in [-0.25, -0.2) is 0 Å². The van der Waals surface area contributed by atoms with E-state index in [1.807, 2.05) is 0 Å². The van der Waals surface area contributed by atoms with E-state index in [2.05, 4.69) is 0 Å². The zero-order valence-electron chi connectivity index (χ0n) is 11.0. The highest BCUT2D eigenvalue weighted by molar-refractivity contribution is 8.00. The van der Waals surface area contributed by atoms with Crippen LogP contribution in [0.15, 0.2) is 30.3 Å². The van der Waals surface area contributed by atoms with Crippen LogP contribution in [-0.4, -0.2) is 46.1 Å². The third kappa shape index (κ3) is 7.60. The number of carboxylic acids is 1. The number of amides is 1. The van der Waals surface area contributed by atoms with Crippen molar-refractivity contribution in [3.05, 3.63) is 35.9 Å². The second kappa shape index (κ2) is 7.92. The molecule has 0 saturated carbocycles. The van der Waals surface area contributed by atoms with Crippen LogP contribution < -0.4 is 0 Å². The number of carbonyl (C=O) groups excluding carboxylic acids is 1. The van der Waals surface area contributed by atoms with Gasteiger partial charge < -0.3 is 10.0 Å². The van der Waals surface area contributed by atoms with Gasteiger partial charge in [-0.1, -0.05) is 30.3 Å². The van der Waals surface area contributed by atoms with Gasteiger partial charge in [0.1, 0.15) is 6.54 Å². The second-order valence-electron chi connectivity index (χ2n) is 4.24. The molecule has 4 nitrogen and oxygen atoms in total. The molecule has 0 heterocycles. The van der Waals surface area contributed by atoms with Gasteiger partial charge in [-0.05, 0) is 5.56 Å². The Morgan fingerprint density at radius 2 is 1.81 bits per heavy atom. The fourth-order valence-corrected chi connectivity index (χ4v) is 2.24. The first-order valence-electron chi connectivity index (χ1n) is 5.96. The highest BCUT2D eigenvalue weighted by atomic mass is 32.2. The minimum atomic E-state index is -4.35. The minimum absolute atomic E-state index is 0.0541. The zero-order chi connectivity index (χ0) is 15.9. The molecule has 0 radical (unpaired) electrons. The van der Waals surface area contributed by atoms with Crippen molar-refractivity contribution in [1.29, 1.82) is 0 Å². The molecule has 0 bridgehead atoms. The topological polar surface area (TPSA) is 57.6 Å². The van der Waals surface area contributed by atoms with E-state index >= 15 is 0 Å². The number of hydrogen-bond acceptors (Lipinski definition) is 3. The Kier molecular flexibility index (Phi) is 6.54. The third-order valence-electron chi connectivity index (χ3n) is 2.39. The average Bonchev–Trinajstić information content (AvgIpc) is 2.37. The summed E-state index contributed by atoms with van der Waals surface area (Å²) in [4.78, 5) is 23.6. The molecule has 0 saturated heterocycles. The number of alkyl halides is 3. The van der Waals surface area contributed by atoms with Gasteiger partial charge in [0, 0.05) is 6.54 Å². The van der Waals surface area contributed by atoms with Crippen LogP contribution in [0.5, 0.6) is 0 Å². The van der Waals surface area contributed by atoms with Crippen molar-refractivity contribution < 1.29 is 27.9 Å². The van der Waals surface area contributed by atoms with Gasteiger partial charge in [-0.3, -0.25) is 9.59 Å². The summed E-state index contributed by atoms with van der Waals surface area (Å²) in [6.07, 6.45) is -4.35. The summed E-state index contributed by atoms with van der Waals surface area (Å²) in [6.45, 7) is -0.487. The molecule has 0 aliphatic carbocycles. The Hall–Kier alpha value is -1.70. The van der Waals surface area contributed by atoms with E-state index in [1.165, 1.54) is 0 Å². The molecule has 0 spiro atoms. The van der Waals surface area contributed by atoms with Crippen LogP contribution in [0.3, 0.4) is 0 Å². The number of nitrogens with zero attached hydrogens (tertiary/aromatic N) is 1. The highest BCUT2D eigenvalue weighted by Gasteiger charge is 2.28. The first-order valence-corrected chi connectivity index (χ1v) is 7.11. The Labute approximate surface area is 123 Å². The average molecular weight is 321 g/mol. The van der Waals surface area contributed by atoms with Crippen LogP contribution in [0.4, 0.5) is 13.2 Å². The van der Waals surface area contributed by atoms with Crippen LogP contribution in [0.1, 0.15) is 5.56 Å². The van der Waals surface area contributed by atoms with E-state index in [4.69, 9.17) is 5.11 Å². The fourth-order valence-electron chi connectivity index (χ4n) is 1.54. The van der Waals surface area contributed by atoms with Crippen molar-refractivity contribution in [2.45, 2.75) is 12.7 Å². The summed E-state index contributed by atoms with van der Waals surface area (Å²) >= 11 is 0.425. The molecule has 0 aliphatic rings. The Bertz CT molecular complexity index is 479. The predicted molar refractivity (Wildman–Crippen MR) is 72.9 cm³/mol. The summed E-state index contributed by atoms with van der Waals surface area (Å²) < 4.78 is 36.1. The summed E-state index contributed by atoms with van der Waals surface area (Å²) in [5.74, 6) is -3.37. The number of thioether (sulfide) groups is 1. The summed E-state index contributed by atoms with van der Waals surface area (Å²) in [5, 5.41) is 8.78. The quantitative estimate of drug-likeness (QED) is 0.838. The molecule has 0 aromatic heterocycles. The van der Waals surface area contributed by atoms with Crippen LogP contribution in [0.25, 0.3) is 0 Å². The van der Waals surface area contributed by atoms with Crippen molar-refractivity contribution in [2.24, 2.45) is 0 Å². The van der Waals surface area contributed by atoms with Crippen molar-refractivity contribution in [1.82, 2.24) is 4.90 Å². The van der Waals surface area contributed by atoms with E-state index in [1.54, 1.807) is 30.3 Å². The monoisotopic (exact) mass is 321 g/mol. The fraction of sp³-hybridized carbons (Fsp3) is 0.385. The molecule has 0 aliphatic heterocycles. The zero-order valence-corrected chi connectivity index (χ0v) is 11.8. The Balaban J connectivity index is 2.60. The van der Waals surface area contributed by atoms with E-state index in [0.29, 0.717) is 17.3 Å². The molecular formula is C13H14F3NO3S. The Morgan fingerprint density at radius 3 is 2.33 bits per heavy atom. The number of carbonyl (C=O) groups is 2. The van der Waals surface area contributed by atoms with E-state index in [9.17, 15) is 22.8 Å². The van der Waals surface area contributed by atoms with Crippen molar-refractivity contribution in [3.8, 4) is 0 Å². The second-order valence-corrected chi connectivity index (χ2v) is 5.22. The maximum Gasteiger partial charge on any atom is 0.397 e. The van der Waals surface area contributed by atoms with Crippen LogP contribution in [-0.2, 0) is 16.1 Å². The van der Waals surface area contributed by atoms with E-state index in [-0.39, 0.29) is 6.54 Å². The van der Waals surface area contributed by atoms with E-state index < -0.39 is 36.1 Å². The number of halogens is 3. The first kappa shape index (κ1) is 17.4. The van der Waals surface area contributed by atoms with Crippen molar-refractivity contribution in [3.63, 3.8) is 0 Å². The van der Waals surface area contributed by atoms with Crippen molar-refractivity contribution in [2.75, 3.05) is 18.1 Å². The molecular weight excluding hydrogens is 307 g/mol. The highest BCUT2D eigenvalue weighted by Crippen LogP contribution is 2.21. The lowest BCUT2D eigenvalue weighted by Crippen LogP contribution is -2.36. The smallest absolute Gasteiger partial charge is 0.397 e. The van der Waals surface area contributed by atoms with Crippen LogP contribution in [0, 0.1) is 0 Å². The van der Waals surface area contributed by atoms with Gasteiger partial charge in [-0.2, -0.15) is 13.2 Å². The number of benzene rings is 1. The third-order valence-corrected chi connectivity index (χ3v) is 3.37. The molecule has 1 aromatic rings. The SMILES string of the molecule is O=C(O)CN(Cc1ccccc1)C(=O)CSCC(F)(F)F. The van der Waals surface area contributed by atoms with Gasteiger partial charge in [-0.15, -0.1) is 11.8 Å². The number of carboxylic acid groups (broad SMARTS) is 1. The number of aliphatic carboxylic acids is 1. The predicted octanol–water partition coefficient (Wildman–Crippen LogP) is 2.40. The maximum atomic E-state index is 12.0. The molecule has 1 amide bonds. The molecule has 1 N–H and O–H groups in total. The molecule has 0 fully saturated rings. The van der Waals surface area contributed by atoms with Gasteiger partial charge in [0.15, 0.2) is 0 Å². The number of rotatable bonds is 7. The minimum Gasteiger partial charge on any atom is -0.480 e. The van der Waals surface area contributed by atoms with Crippen LogP contribution >= 0.6 is 11.8 Å². The van der Waals surface area contributed by atoms with Gasteiger partial charge in [0.05, 0.1) is 11.5 Å². The van der Waals surface area contributed by atoms with Gasteiger partial charge in [0.25, 0.3) is 0 Å². The van der Waals surface area contributed by atoms with Gasteiger partial charge in [0.2, 0.25) is 5.91 Å². The first-order chi connectivity index (χ1) is 9.78. The molecule has 0 unspecified atom stereocenters. The summed E-state index contributed by atoms with van der Waals surface area (Å²) in [7, 11) is 0. The summed E-state index contributed by atoms with van der Waals surface area (Å²) in [6, 6.07) is 8.66. The molecule has 0 atom stereocenters. The van der Waals surface area contributed by atoms with E-state index in [0.717, 1.165) is 4.90 Å². The lowest BCUT2D eigenvalue weighted by Gasteiger charge is -2.21. The van der Waals surface area contributed by atoms with Gasteiger partial charge >= 0.3 is 12.1 Å². The molecule has 21 heavy (non-hydrogen) atoms. The standard InChI is InChI=1S/C13H14F3NO3S/c14-13(15,16)9-21-8-11(18)17(7-12(19)20)6-10-4-2-1-3-5-10/h1-5H,6-9H2,(H,19,20). The molecule has 8 heteroatoms. The maximum absolute atomic E-state index is 12.0. The van der Waals surface area contributed by atoms with Crippen molar-refractivity contribution >= 4 is 23.6 Å². The Morgan fingerprint density at radius 1 is 1.19 bits per heavy atom. The normalized spacial score (nSPS) is 11.2. The number of hydrogen-bond donors (Lipinski definition) is 1. The molecule has 1 rings (SSSR count). The largest absolute Gasteiger partial charge is 0.480 e. The lowest BCUT2D eigenvalue weighted by molar-refractivity contribution is -0.143. The molecule has 1 aromatic carbocycles. The summed E-state index contributed by atoms with van der Waals surface area (Å²) in [5.41, 5.74) is 0.716.